The van der Waals surface area contributed by atoms with Gasteiger partial charge in [0.25, 0.3) is 0 Å². The highest BCUT2D eigenvalue weighted by Gasteiger charge is 2.05. The maximum atomic E-state index is 10.8. The predicted octanol–water partition coefficient (Wildman–Crippen LogP) is 2.78. The normalized spacial score (nSPS) is 10.7. The highest BCUT2D eigenvalue weighted by molar-refractivity contribution is 5.87. The maximum absolute atomic E-state index is 10.8. The Morgan fingerprint density at radius 3 is 2.95 bits per heavy atom. The molecule has 94 valence electrons. The zero-order valence-corrected chi connectivity index (χ0v) is 10.2. The molecule has 19 heavy (non-hydrogen) atoms. The molecular formula is C15H12N2O2. The first-order valence-electron chi connectivity index (χ1n) is 5.95. The van der Waals surface area contributed by atoms with Crippen LogP contribution in [0.15, 0.2) is 55.0 Å². The van der Waals surface area contributed by atoms with E-state index >= 15 is 0 Å². The molecule has 0 aliphatic carbocycles. The fourth-order valence-corrected chi connectivity index (χ4v) is 2.10. The number of hydrogen-bond acceptors (Lipinski definition) is 2. The lowest BCUT2D eigenvalue weighted by Gasteiger charge is -2.04. The van der Waals surface area contributed by atoms with Gasteiger partial charge in [0.05, 0.1) is 11.1 Å². The molecule has 1 aromatic carbocycles. The van der Waals surface area contributed by atoms with E-state index in [1.165, 1.54) is 0 Å². The first-order valence-corrected chi connectivity index (χ1v) is 5.95. The molecule has 0 aliphatic rings. The third-order valence-electron chi connectivity index (χ3n) is 3.03. The summed E-state index contributed by atoms with van der Waals surface area (Å²) in [6, 6.07) is 11.6. The third-order valence-corrected chi connectivity index (χ3v) is 3.03. The van der Waals surface area contributed by atoms with E-state index in [2.05, 4.69) is 11.1 Å². The van der Waals surface area contributed by atoms with Crippen LogP contribution >= 0.6 is 0 Å². The van der Waals surface area contributed by atoms with E-state index in [1.54, 1.807) is 24.7 Å². The van der Waals surface area contributed by atoms with Crippen LogP contribution in [0, 0.1) is 0 Å². The fraction of sp³-hybridized carbons (Fsp3) is 0.0667. The van der Waals surface area contributed by atoms with Crippen molar-refractivity contribution in [1.82, 2.24) is 9.55 Å². The summed E-state index contributed by atoms with van der Waals surface area (Å²) in [6.07, 6.45) is 5.18. The number of rotatable bonds is 3. The van der Waals surface area contributed by atoms with Gasteiger partial charge in [-0.3, -0.25) is 4.98 Å². The minimum Gasteiger partial charge on any atom is -0.478 e. The Morgan fingerprint density at radius 1 is 1.26 bits per heavy atom. The predicted molar refractivity (Wildman–Crippen MR) is 72.2 cm³/mol. The topological polar surface area (TPSA) is 55.1 Å². The molecule has 3 rings (SSSR count). The van der Waals surface area contributed by atoms with E-state index in [0.717, 1.165) is 16.5 Å². The van der Waals surface area contributed by atoms with Crippen molar-refractivity contribution < 1.29 is 9.90 Å². The minimum absolute atomic E-state index is 0.308. The summed E-state index contributed by atoms with van der Waals surface area (Å²) in [5.74, 6) is -0.901. The van der Waals surface area contributed by atoms with Gasteiger partial charge in [-0.1, -0.05) is 12.1 Å². The lowest BCUT2D eigenvalue weighted by molar-refractivity contribution is 0.0697. The van der Waals surface area contributed by atoms with Crippen LogP contribution in [0.5, 0.6) is 0 Å². The highest BCUT2D eigenvalue weighted by atomic mass is 16.4. The van der Waals surface area contributed by atoms with Crippen LogP contribution in [0.3, 0.4) is 0 Å². The second-order valence-electron chi connectivity index (χ2n) is 4.41. The van der Waals surface area contributed by atoms with Crippen molar-refractivity contribution in [2.45, 2.75) is 6.54 Å². The first kappa shape index (κ1) is 11.5. The van der Waals surface area contributed by atoms with Gasteiger partial charge in [-0.25, -0.2) is 4.79 Å². The molecule has 4 heteroatoms. The molecule has 4 nitrogen and oxygen atoms in total. The summed E-state index contributed by atoms with van der Waals surface area (Å²) in [5, 5.41) is 9.97. The molecule has 0 aliphatic heterocycles. The van der Waals surface area contributed by atoms with Crippen LogP contribution < -0.4 is 0 Å². The quantitative estimate of drug-likeness (QED) is 0.779. The fourth-order valence-electron chi connectivity index (χ4n) is 2.10. The molecule has 0 fully saturated rings. The van der Waals surface area contributed by atoms with E-state index < -0.39 is 5.97 Å². The van der Waals surface area contributed by atoms with Gasteiger partial charge in [-0.2, -0.15) is 0 Å². The van der Waals surface area contributed by atoms with Gasteiger partial charge in [-0.15, -0.1) is 0 Å². The van der Waals surface area contributed by atoms with Crippen molar-refractivity contribution in [3.05, 3.63) is 66.1 Å². The van der Waals surface area contributed by atoms with Crippen molar-refractivity contribution in [2.24, 2.45) is 0 Å². The van der Waals surface area contributed by atoms with Gasteiger partial charge in [0, 0.05) is 30.5 Å². The van der Waals surface area contributed by atoms with E-state index in [1.807, 2.05) is 28.8 Å². The first-order chi connectivity index (χ1) is 9.22. The van der Waals surface area contributed by atoms with Crippen LogP contribution in [0.25, 0.3) is 10.9 Å². The molecule has 0 unspecified atom stereocenters. The number of benzene rings is 1. The van der Waals surface area contributed by atoms with Crippen LogP contribution in [0.1, 0.15) is 15.9 Å². The Kier molecular flexibility index (Phi) is 2.76. The lowest BCUT2D eigenvalue weighted by atomic mass is 10.1. The second-order valence-corrected chi connectivity index (χ2v) is 4.41. The number of aromatic nitrogens is 2. The summed E-state index contributed by atoms with van der Waals surface area (Å²) in [5.41, 5.74) is 2.39. The number of hydrogen-bond donors (Lipinski definition) is 1. The van der Waals surface area contributed by atoms with Crippen molar-refractivity contribution in [3.63, 3.8) is 0 Å². The monoisotopic (exact) mass is 252 g/mol. The van der Waals surface area contributed by atoms with Gasteiger partial charge in [0.15, 0.2) is 0 Å². The molecular weight excluding hydrogens is 240 g/mol. The Hall–Kier alpha value is -2.62. The largest absolute Gasteiger partial charge is 0.478 e. The number of carboxylic acids is 1. The molecule has 0 amide bonds. The highest BCUT2D eigenvalue weighted by Crippen LogP contribution is 2.14. The van der Waals surface area contributed by atoms with E-state index in [4.69, 9.17) is 5.11 Å². The summed E-state index contributed by atoms with van der Waals surface area (Å²) in [4.78, 5) is 15.1. The minimum atomic E-state index is -0.901. The summed E-state index contributed by atoms with van der Waals surface area (Å²) in [6.45, 7) is 0.651. The lowest BCUT2D eigenvalue weighted by Crippen LogP contribution is -1.98. The summed E-state index contributed by atoms with van der Waals surface area (Å²) in [7, 11) is 0. The maximum Gasteiger partial charge on any atom is 0.337 e. The summed E-state index contributed by atoms with van der Waals surface area (Å²) >= 11 is 0. The zero-order valence-electron chi connectivity index (χ0n) is 10.2. The second kappa shape index (κ2) is 4.57. The zero-order chi connectivity index (χ0) is 13.2. The Bertz CT molecular complexity index is 746. The molecule has 3 aromatic rings. The third kappa shape index (κ3) is 2.33. The number of aromatic carboxylic acids is 1. The SMILES string of the molecule is O=C(O)c1ccn(Cc2ccc3ncccc3c2)c1. The van der Waals surface area contributed by atoms with Crippen LogP contribution in [-0.4, -0.2) is 20.6 Å². The average Bonchev–Trinajstić information content (AvgIpc) is 2.87. The molecule has 0 spiro atoms. The molecule has 0 saturated heterocycles. The van der Waals surface area contributed by atoms with Gasteiger partial charge < -0.3 is 9.67 Å². The summed E-state index contributed by atoms with van der Waals surface area (Å²) < 4.78 is 1.86. The van der Waals surface area contributed by atoms with Crippen molar-refractivity contribution in [1.29, 1.82) is 0 Å². The number of carbonyl (C=O) groups is 1. The van der Waals surface area contributed by atoms with E-state index in [0.29, 0.717) is 12.1 Å². The van der Waals surface area contributed by atoms with Gasteiger partial charge in [0.2, 0.25) is 0 Å². The number of carboxylic acid groups (broad SMARTS) is 1. The number of fused-ring (bicyclic) bond motifs is 1. The average molecular weight is 252 g/mol. The molecule has 1 N–H and O–H groups in total. The Morgan fingerprint density at radius 2 is 2.16 bits per heavy atom. The van der Waals surface area contributed by atoms with Gasteiger partial charge in [0.1, 0.15) is 0 Å². The van der Waals surface area contributed by atoms with Gasteiger partial charge >= 0.3 is 5.97 Å². The molecule has 2 heterocycles. The molecule has 0 saturated carbocycles. The Labute approximate surface area is 109 Å². The van der Waals surface area contributed by atoms with Crippen molar-refractivity contribution in [2.75, 3.05) is 0 Å². The molecule has 2 aromatic heterocycles. The molecule has 0 bridgehead atoms. The van der Waals surface area contributed by atoms with E-state index in [9.17, 15) is 4.79 Å². The smallest absolute Gasteiger partial charge is 0.337 e. The standard InChI is InChI=1S/C15H12N2O2/c18-15(19)13-5-7-17(10-13)9-11-3-4-14-12(8-11)2-1-6-16-14/h1-8,10H,9H2,(H,18,19). The van der Waals surface area contributed by atoms with Crippen LogP contribution in [0.4, 0.5) is 0 Å². The van der Waals surface area contributed by atoms with Crippen LogP contribution in [0.2, 0.25) is 0 Å². The van der Waals surface area contributed by atoms with Gasteiger partial charge in [-0.05, 0) is 29.8 Å². The van der Waals surface area contributed by atoms with Crippen molar-refractivity contribution >= 4 is 16.9 Å². The number of nitrogens with zero attached hydrogens (tertiary/aromatic N) is 2. The van der Waals surface area contributed by atoms with E-state index in [-0.39, 0.29) is 0 Å². The molecule has 0 atom stereocenters. The molecule has 0 radical (unpaired) electrons. The van der Waals surface area contributed by atoms with Crippen LogP contribution in [-0.2, 0) is 6.54 Å². The number of pyridine rings is 1. The van der Waals surface area contributed by atoms with Crippen molar-refractivity contribution in [3.8, 4) is 0 Å². The Balaban J connectivity index is 1.89.